The van der Waals surface area contributed by atoms with Gasteiger partial charge in [0.1, 0.15) is 5.82 Å². The van der Waals surface area contributed by atoms with Gasteiger partial charge in [0.25, 0.3) is 5.91 Å². The van der Waals surface area contributed by atoms with Crippen molar-refractivity contribution in [3.8, 4) is 22.3 Å². The number of likely N-dealkylation sites (N-methyl/N-ethyl adjacent to an activating group) is 1. The summed E-state index contributed by atoms with van der Waals surface area (Å²) in [6, 6.07) is 19.4. The van der Waals surface area contributed by atoms with Gasteiger partial charge >= 0.3 is 0 Å². The van der Waals surface area contributed by atoms with E-state index in [0.29, 0.717) is 23.2 Å². The molecule has 1 saturated heterocycles. The highest BCUT2D eigenvalue weighted by Crippen LogP contribution is 2.35. The Hall–Kier alpha value is -4.03. The van der Waals surface area contributed by atoms with Crippen molar-refractivity contribution >= 4 is 27.7 Å². The fourth-order valence-electron chi connectivity index (χ4n) is 5.56. The minimum atomic E-state index is -0.329. The molecule has 6 heteroatoms. The molecule has 2 N–H and O–H groups in total. The molecule has 1 fully saturated rings. The molecular weight excluding hydrogens is 463 g/mol. The van der Waals surface area contributed by atoms with Crippen LogP contribution in [0.2, 0.25) is 0 Å². The number of aromatic nitrogens is 2. The molecule has 0 bridgehead atoms. The number of hydrogen-bond donors (Lipinski definition) is 2. The van der Waals surface area contributed by atoms with Crippen LogP contribution >= 0.6 is 0 Å². The van der Waals surface area contributed by atoms with E-state index in [9.17, 15) is 9.18 Å². The predicted octanol–water partition coefficient (Wildman–Crippen LogP) is 6.32. The van der Waals surface area contributed by atoms with Crippen molar-refractivity contribution in [2.75, 3.05) is 20.1 Å². The summed E-state index contributed by atoms with van der Waals surface area (Å²) in [7, 11) is 1.85. The lowest BCUT2D eigenvalue weighted by Gasteiger charge is -2.24. The van der Waals surface area contributed by atoms with Crippen molar-refractivity contribution < 1.29 is 9.18 Å². The molecule has 1 atom stereocenters. The maximum absolute atomic E-state index is 14.5. The van der Waals surface area contributed by atoms with Crippen molar-refractivity contribution in [1.29, 1.82) is 0 Å². The minimum Gasteiger partial charge on any atom is -0.361 e. The van der Waals surface area contributed by atoms with E-state index in [-0.39, 0.29) is 17.8 Å². The number of fused-ring (bicyclic) bond motifs is 2. The summed E-state index contributed by atoms with van der Waals surface area (Å²) in [4.78, 5) is 23.9. The van der Waals surface area contributed by atoms with E-state index < -0.39 is 0 Å². The van der Waals surface area contributed by atoms with Gasteiger partial charge in [0.05, 0.1) is 11.1 Å². The van der Waals surface area contributed by atoms with Crippen LogP contribution in [0, 0.1) is 12.7 Å². The van der Waals surface area contributed by atoms with Gasteiger partial charge in [-0.15, -0.1) is 0 Å². The monoisotopic (exact) mass is 492 g/mol. The summed E-state index contributed by atoms with van der Waals surface area (Å²) in [6.45, 7) is 3.45. The molecule has 0 radical (unpaired) electrons. The quantitative estimate of drug-likeness (QED) is 0.302. The van der Waals surface area contributed by atoms with Gasteiger partial charge in [-0.1, -0.05) is 24.3 Å². The molecule has 0 saturated carbocycles. The number of amides is 1. The fourth-order valence-corrected chi connectivity index (χ4v) is 5.56. The molecule has 5 aromatic rings. The molecule has 3 aromatic carbocycles. The number of nitrogens with one attached hydrogen (secondary N) is 2. The number of rotatable bonds is 5. The van der Waals surface area contributed by atoms with Crippen molar-refractivity contribution in [3.05, 3.63) is 90.0 Å². The number of nitrogens with zero attached hydrogens (tertiary/aromatic N) is 2. The van der Waals surface area contributed by atoms with Crippen LogP contribution < -0.4 is 5.32 Å². The first kappa shape index (κ1) is 23.4. The van der Waals surface area contributed by atoms with Crippen LogP contribution in [0.15, 0.2) is 73.1 Å². The smallest absolute Gasteiger partial charge is 0.255 e. The highest BCUT2D eigenvalue weighted by molar-refractivity contribution is 6.12. The number of carbonyl (C=O) groups is 1. The van der Waals surface area contributed by atoms with Crippen LogP contribution in [0.4, 0.5) is 4.39 Å². The Labute approximate surface area is 215 Å². The highest BCUT2D eigenvalue weighted by atomic mass is 19.1. The molecule has 0 unspecified atom stereocenters. The van der Waals surface area contributed by atoms with Crippen LogP contribution in [-0.4, -0.2) is 47.0 Å². The van der Waals surface area contributed by atoms with Crippen LogP contribution in [0.25, 0.3) is 44.1 Å². The first-order valence-electron chi connectivity index (χ1n) is 12.7. The molecule has 1 amide bonds. The lowest BCUT2D eigenvalue weighted by atomic mass is 9.93. The Bertz CT molecular complexity index is 1610. The topological polar surface area (TPSA) is 61.0 Å². The summed E-state index contributed by atoms with van der Waals surface area (Å²) >= 11 is 0. The van der Waals surface area contributed by atoms with Gasteiger partial charge in [0.15, 0.2) is 0 Å². The molecule has 1 aliphatic rings. The normalized spacial score (nSPS) is 15.5. The number of H-pyrrole nitrogens is 1. The van der Waals surface area contributed by atoms with Gasteiger partial charge in [0.2, 0.25) is 0 Å². The average Bonchev–Trinajstić information content (AvgIpc) is 3.58. The van der Waals surface area contributed by atoms with Gasteiger partial charge < -0.3 is 15.2 Å². The third-order valence-corrected chi connectivity index (χ3v) is 7.34. The molecule has 0 spiro atoms. The first-order chi connectivity index (χ1) is 18.0. The third kappa shape index (κ3) is 4.38. The second-order valence-corrected chi connectivity index (χ2v) is 10.0. The molecule has 0 aliphatic carbocycles. The Kier molecular flexibility index (Phi) is 5.97. The predicted molar refractivity (Wildman–Crippen MR) is 147 cm³/mol. The van der Waals surface area contributed by atoms with Gasteiger partial charge in [-0.25, -0.2) is 4.39 Å². The minimum absolute atomic E-state index is 0.0879. The van der Waals surface area contributed by atoms with E-state index in [2.05, 4.69) is 28.5 Å². The van der Waals surface area contributed by atoms with E-state index in [1.807, 2.05) is 50.5 Å². The number of hydrogen-bond acceptors (Lipinski definition) is 3. The number of pyridine rings is 1. The lowest BCUT2D eigenvalue weighted by Crippen LogP contribution is -2.38. The van der Waals surface area contributed by atoms with Gasteiger partial charge in [-0.2, -0.15) is 0 Å². The first-order valence-corrected chi connectivity index (χ1v) is 12.7. The molecule has 186 valence electrons. The van der Waals surface area contributed by atoms with Gasteiger partial charge in [-0.3, -0.25) is 9.78 Å². The van der Waals surface area contributed by atoms with Gasteiger partial charge in [-0.05, 0) is 85.0 Å². The Balaban J connectivity index is 1.55. The fraction of sp³-hybridized carbons (Fsp3) is 0.226. The molecule has 1 aliphatic heterocycles. The zero-order chi connectivity index (χ0) is 25.5. The molecule has 2 aromatic heterocycles. The summed E-state index contributed by atoms with van der Waals surface area (Å²) in [5.41, 5.74) is 6.51. The maximum Gasteiger partial charge on any atom is 0.255 e. The number of aryl methyl sites for hydroxylation is 1. The SMILES string of the molecule is Cc1cc(F)cc(-c2cnc3ccc(-c4cccc5[nH]ccc45)cc3c2C(=O)N(C)C[C@@H]2CCCN2)c1. The van der Waals surface area contributed by atoms with Crippen molar-refractivity contribution in [2.45, 2.75) is 25.8 Å². The number of halogens is 1. The second-order valence-electron chi connectivity index (χ2n) is 10.0. The van der Waals surface area contributed by atoms with Crippen LogP contribution in [0.5, 0.6) is 0 Å². The van der Waals surface area contributed by atoms with Crippen molar-refractivity contribution in [1.82, 2.24) is 20.2 Å². The summed E-state index contributed by atoms with van der Waals surface area (Å²) in [6.07, 6.45) is 5.81. The van der Waals surface area contributed by atoms with E-state index >= 15 is 0 Å². The largest absolute Gasteiger partial charge is 0.361 e. The Morgan fingerprint density at radius 2 is 1.95 bits per heavy atom. The molecule has 37 heavy (non-hydrogen) atoms. The van der Waals surface area contributed by atoms with E-state index in [0.717, 1.165) is 57.9 Å². The second kappa shape index (κ2) is 9.45. The Morgan fingerprint density at radius 3 is 2.76 bits per heavy atom. The summed E-state index contributed by atoms with van der Waals surface area (Å²) < 4.78 is 14.5. The van der Waals surface area contributed by atoms with E-state index in [4.69, 9.17) is 4.98 Å². The number of carbonyl (C=O) groups excluding carboxylic acids is 1. The Morgan fingerprint density at radius 1 is 1.05 bits per heavy atom. The lowest BCUT2D eigenvalue weighted by molar-refractivity contribution is 0.0786. The molecule has 3 heterocycles. The molecular formula is C31H29FN4O. The number of benzene rings is 3. The zero-order valence-corrected chi connectivity index (χ0v) is 21.0. The van der Waals surface area contributed by atoms with Crippen LogP contribution in [0.3, 0.4) is 0 Å². The zero-order valence-electron chi connectivity index (χ0n) is 21.0. The third-order valence-electron chi connectivity index (χ3n) is 7.34. The molecule has 6 rings (SSSR count). The maximum atomic E-state index is 14.5. The summed E-state index contributed by atoms with van der Waals surface area (Å²) in [5, 5.41) is 5.36. The highest BCUT2D eigenvalue weighted by Gasteiger charge is 2.25. The van der Waals surface area contributed by atoms with Crippen molar-refractivity contribution in [3.63, 3.8) is 0 Å². The van der Waals surface area contributed by atoms with E-state index in [1.165, 1.54) is 12.1 Å². The standard InChI is InChI=1S/C31H29FN4O/c1-19-13-21(15-22(32)14-19)27-17-35-29-9-8-20(24-6-3-7-28-25(24)10-12-34-28)16-26(29)30(27)31(37)36(2)18-23-5-4-11-33-23/h3,6-10,12-17,23,33-34H,4-5,11,18H2,1-2H3/t23-/m0/s1. The van der Waals surface area contributed by atoms with Crippen LogP contribution in [-0.2, 0) is 0 Å². The van der Waals surface area contributed by atoms with E-state index in [1.54, 1.807) is 11.1 Å². The average molecular weight is 493 g/mol. The summed E-state index contributed by atoms with van der Waals surface area (Å²) in [5.74, 6) is -0.417. The molecule has 5 nitrogen and oxygen atoms in total. The van der Waals surface area contributed by atoms with Gasteiger partial charge in [0, 0.05) is 53.9 Å². The van der Waals surface area contributed by atoms with Crippen molar-refractivity contribution in [2.24, 2.45) is 0 Å². The number of aromatic amines is 1. The van der Waals surface area contributed by atoms with Crippen LogP contribution in [0.1, 0.15) is 28.8 Å².